The molecule has 3 heterocycles. The molecule has 1 aliphatic heterocycles. The van der Waals surface area contributed by atoms with Crippen LogP contribution in [0.3, 0.4) is 0 Å². The van der Waals surface area contributed by atoms with Crippen LogP contribution in [0.4, 0.5) is 11.6 Å². The van der Waals surface area contributed by atoms with E-state index in [1.807, 2.05) is 18.2 Å². The molecule has 166 valence electrons. The predicted molar refractivity (Wildman–Crippen MR) is 131 cm³/mol. The van der Waals surface area contributed by atoms with E-state index in [0.717, 1.165) is 61.4 Å². The minimum Gasteiger partial charge on any atom is -0.495 e. The summed E-state index contributed by atoms with van der Waals surface area (Å²) >= 11 is 0. The van der Waals surface area contributed by atoms with Gasteiger partial charge in [0, 0.05) is 26.2 Å². The smallest absolute Gasteiger partial charge is 0.238 e. The fraction of sp³-hybridized carbons (Fsp3) is 0.231. The highest BCUT2D eigenvalue weighted by atomic mass is 16.5. The van der Waals surface area contributed by atoms with Crippen LogP contribution in [-0.2, 0) is 6.54 Å². The van der Waals surface area contributed by atoms with E-state index >= 15 is 0 Å². The molecule has 1 fully saturated rings. The van der Waals surface area contributed by atoms with E-state index in [-0.39, 0.29) is 0 Å². The van der Waals surface area contributed by atoms with Crippen LogP contribution >= 0.6 is 0 Å². The lowest BCUT2D eigenvalue weighted by Gasteiger charge is -2.36. The molecule has 2 aromatic heterocycles. The van der Waals surface area contributed by atoms with Gasteiger partial charge in [-0.1, -0.05) is 54.6 Å². The minimum absolute atomic E-state index is 0.761. The summed E-state index contributed by atoms with van der Waals surface area (Å²) in [6.07, 6.45) is 0. The van der Waals surface area contributed by atoms with Crippen molar-refractivity contribution in [1.82, 2.24) is 19.2 Å². The average Bonchev–Trinajstić information content (AvgIpc) is 3.44. The van der Waals surface area contributed by atoms with Crippen molar-refractivity contribution in [1.29, 1.82) is 0 Å². The second kappa shape index (κ2) is 8.16. The molecule has 7 heteroatoms. The van der Waals surface area contributed by atoms with Crippen molar-refractivity contribution in [3.05, 3.63) is 84.4 Å². The van der Waals surface area contributed by atoms with E-state index in [1.165, 1.54) is 11.1 Å². The molecule has 1 aliphatic rings. The maximum absolute atomic E-state index is 5.57. The van der Waals surface area contributed by atoms with Crippen molar-refractivity contribution in [2.75, 3.05) is 43.1 Å². The van der Waals surface area contributed by atoms with Crippen molar-refractivity contribution in [3.8, 4) is 5.75 Å². The highest BCUT2D eigenvalue weighted by Crippen LogP contribution is 2.30. The zero-order chi connectivity index (χ0) is 22.2. The van der Waals surface area contributed by atoms with E-state index in [0.29, 0.717) is 0 Å². The number of methoxy groups -OCH3 is 1. The number of ether oxygens (including phenoxy) is 1. The van der Waals surface area contributed by atoms with Gasteiger partial charge in [-0.15, -0.1) is 10.2 Å². The fourth-order valence-corrected chi connectivity index (χ4v) is 4.81. The first-order chi connectivity index (χ1) is 16.3. The Hall–Kier alpha value is -4.00. The summed E-state index contributed by atoms with van der Waals surface area (Å²) in [6.45, 7) is 4.31. The third kappa shape index (κ3) is 3.36. The van der Waals surface area contributed by atoms with Gasteiger partial charge in [-0.3, -0.25) is 0 Å². The van der Waals surface area contributed by atoms with Crippen LogP contribution in [0.15, 0.2) is 78.9 Å². The molecule has 0 amide bonds. The Morgan fingerprint density at radius 2 is 1.39 bits per heavy atom. The van der Waals surface area contributed by atoms with E-state index in [9.17, 15) is 0 Å². The van der Waals surface area contributed by atoms with Gasteiger partial charge >= 0.3 is 0 Å². The number of imidazole rings is 1. The van der Waals surface area contributed by atoms with Crippen LogP contribution in [-0.4, -0.2) is 52.5 Å². The van der Waals surface area contributed by atoms with E-state index in [4.69, 9.17) is 4.74 Å². The Morgan fingerprint density at radius 1 is 0.727 bits per heavy atom. The number of para-hydroxylation sites is 4. The number of aromatic nitrogens is 4. The summed E-state index contributed by atoms with van der Waals surface area (Å²) in [5, 5.41) is 9.27. The maximum atomic E-state index is 5.57. The summed E-state index contributed by atoms with van der Waals surface area (Å²) < 4.78 is 10.0. The van der Waals surface area contributed by atoms with Crippen LogP contribution in [0.25, 0.3) is 16.8 Å². The summed E-state index contributed by atoms with van der Waals surface area (Å²) in [6, 6.07) is 27.2. The first-order valence-corrected chi connectivity index (χ1v) is 11.3. The topological polar surface area (TPSA) is 50.8 Å². The molecule has 33 heavy (non-hydrogen) atoms. The lowest BCUT2D eigenvalue weighted by Crippen LogP contribution is -2.47. The Labute approximate surface area is 192 Å². The Bertz CT molecular complexity index is 1400. The van der Waals surface area contributed by atoms with Gasteiger partial charge in [-0.2, -0.15) is 0 Å². The molecule has 7 nitrogen and oxygen atoms in total. The Morgan fingerprint density at radius 3 is 2.18 bits per heavy atom. The van der Waals surface area contributed by atoms with Gasteiger partial charge in [0.25, 0.3) is 0 Å². The molecule has 3 aromatic carbocycles. The van der Waals surface area contributed by atoms with Crippen molar-refractivity contribution in [2.24, 2.45) is 0 Å². The molecule has 1 saturated heterocycles. The van der Waals surface area contributed by atoms with Gasteiger partial charge in [0.1, 0.15) is 5.75 Å². The van der Waals surface area contributed by atoms with Crippen LogP contribution in [0.5, 0.6) is 5.75 Å². The summed E-state index contributed by atoms with van der Waals surface area (Å²) in [5.74, 6) is 2.70. The normalized spacial score (nSPS) is 14.3. The molecule has 5 aromatic rings. The molecule has 0 N–H and O–H groups in total. The molecule has 6 rings (SSSR count). The number of hydrogen-bond acceptors (Lipinski definition) is 5. The van der Waals surface area contributed by atoms with Crippen molar-refractivity contribution < 1.29 is 4.74 Å². The molecule has 0 radical (unpaired) electrons. The summed E-state index contributed by atoms with van der Waals surface area (Å²) in [5.41, 5.74) is 4.69. The molecule has 0 spiro atoms. The van der Waals surface area contributed by atoms with E-state index < -0.39 is 0 Å². The maximum Gasteiger partial charge on any atom is 0.238 e. The second-order valence-corrected chi connectivity index (χ2v) is 8.34. The molecular weight excluding hydrogens is 412 g/mol. The van der Waals surface area contributed by atoms with Gasteiger partial charge in [0.05, 0.1) is 30.4 Å². The van der Waals surface area contributed by atoms with Gasteiger partial charge in [-0.05, 0) is 29.8 Å². The first kappa shape index (κ1) is 19.7. The lowest BCUT2D eigenvalue weighted by molar-refractivity contribution is 0.413. The minimum atomic E-state index is 0.761. The van der Waals surface area contributed by atoms with Gasteiger partial charge in [0.15, 0.2) is 0 Å². The molecule has 0 saturated carbocycles. The predicted octanol–water partition coefficient (Wildman–Crippen LogP) is 4.07. The quantitative estimate of drug-likeness (QED) is 0.414. The largest absolute Gasteiger partial charge is 0.495 e. The first-order valence-electron chi connectivity index (χ1n) is 11.3. The van der Waals surface area contributed by atoms with Gasteiger partial charge in [-0.25, -0.2) is 4.40 Å². The number of rotatable bonds is 5. The van der Waals surface area contributed by atoms with Gasteiger partial charge < -0.3 is 19.1 Å². The molecule has 0 bridgehead atoms. The molecule has 0 atom stereocenters. The van der Waals surface area contributed by atoms with Crippen LogP contribution in [0.1, 0.15) is 5.56 Å². The third-order valence-electron chi connectivity index (χ3n) is 6.46. The van der Waals surface area contributed by atoms with Crippen molar-refractivity contribution in [3.63, 3.8) is 0 Å². The van der Waals surface area contributed by atoms with E-state index in [2.05, 4.69) is 89.6 Å². The van der Waals surface area contributed by atoms with E-state index in [1.54, 1.807) is 7.11 Å². The SMILES string of the molecule is COc1ccccc1N1CCN(c2nnc3n(Cc4ccccc4)c4ccccc4n23)CC1. The molecule has 0 unspecified atom stereocenters. The lowest BCUT2D eigenvalue weighted by atomic mass is 10.2. The highest BCUT2D eigenvalue weighted by Gasteiger charge is 2.25. The number of hydrogen-bond donors (Lipinski definition) is 0. The van der Waals surface area contributed by atoms with Crippen LogP contribution in [0.2, 0.25) is 0 Å². The summed E-state index contributed by atoms with van der Waals surface area (Å²) in [7, 11) is 1.73. The zero-order valence-corrected chi connectivity index (χ0v) is 18.6. The zero-order valence-electron chi connectivity index (χ0n) is 18.6. The molecular formula is C26H26N6O. The third-order valence-corrected chi connectivity index (χ3v) is 6.46. The van der Waals surface area contributed by atoms with Crippen LogP contribution < -0.4 is 14.5 Å². The standard InChI is InChI=1S/C26H26N6O/c1-33-24-14-8-7-13-23(24)29-15-17-30(18-16-29)25-27-28-26-31(19-20-9-3-2-4-10-20)21-11-5-6-12-22(21)32(25)26/h2-14H,15-19H2,1H3. The number of anilines is 2. The average molecular weight is 439 g/mol. The Kier molecular flexibility index (Phi) is 4.87. The number of fused-ring (bicyclic) bond motifs is 3. The van der Waals surface area contributed by atoms with Crippen molar-refractivity contribution in [2.45, 2.75) is 6.54 Å². The highest BCUT2D eigenvalue weighted by molar-refractivity contribution is 5.82. The second-order valence-electron chi connectivity index (χ2n) is 8.34. The number of nitrogens with zero attached hydrogens (tertiary/aromatic N) is 6. The fourth-order valence-electron chi connectivity index (χ4n) is 4.81. The summed E-state index contributed by atoms with van der Waals surface area (Å²) in [4.78, 5) is 4.72. The Balaban J connectivity index is 1.33. The molecule has 0 aliphatic carbocycles. The van der Waals surface area contributed by atoms with Crippen LogP contribution in [0, 0.1) is 0 Å². The van der Waals surface area contributed by atoms with Crippen molar-refractivity contribution >= 4 is 28.4 Å². The monoisotopic (exact) mass is 438 g/mol. The van der Waals surface area contributed by atoms with Gasteiger partial charge in [0.2, 0.25) is 11.7 Å². The number of piperazine rings is 1. The number of benzene rings is 3.